The van der Waals surface area contributed by atoms with Gasteiger partial charge in [0, 0.05) is 6.54 Å². The van der Waals surface area contributed by atoms with Gasteiger partial charge in [-0.25, -0.2) is 4.79 Å². The molecule has 0 heterocycles. The van der Waals surface area contributed by atoms with Crippen LogP contribution in [0.25, 0.3) is 0 Å². The van der Waals surface area contributed by atoms with Crippen molar-refractivity contribution in [2.75, 3.05) is 13.2 Å². The van der Waals surface area contributed by atoms with Crippen LogP contribution in [0, 0.1) is 6.92 Å². The van der Waals surface area contributed by atoms with E-state index in [1.165, 1.54) is 0 Å². The predicted molar refractivity (Wildman–Crippen MR) is 73.4 cm³/mol. The molecule has 0 aliphatic carbocycles. The van der Waals surface area contributed by atoms with E-state index in [-0.39, 0.29) is 5.97 Å². The Bertz CT molecular complexity index is 428. The van der Waals surface area contributed by atoms with Gasteiger partial charge in [0.25, 0.3) is 0 Å². The Morgan fingerprint density at radius 2 is 2.28 bits per heavy atom. The van der Waals surface area contributed by atoms with Gasteiger partial charge in [0.1, 0.15) is 5.54 Å². The molecule has 3 nitrogen and oxygen atoms in total. The summed E-state index contributed by atoms with van der Waals surface area (Å²) in [6, 6.07) is 7.87. The molecule has 1 unspecified atom stereocenters. The van der Waals surface area contributed by atoms with Crippen LogP contribution in [0.3, 0.4) is 0 Å². The molecule has 18 heavy (non-hydrogen) atoms. The Balaban J connectivity index is 3.10. The third kappa shape index (κ3) is 3.20. The van der Waals surface area contributed by atoms with Crippen LogP contribution in [0.5, 0.6) is 0 Å². The van der Waals surface area contributed by atoms with Crippen LogP contribution in [0.15, 0.2) is 36.9 Å². The average Bonchev–Trinajstić information content (AvgIpc) is 2.36. The normalized spacial score (nSPS) is 13.7. The Kier molecular flexibility index (Phi) is 5.10. The summed E-state index contributed by atoms with van der Waals surface area (Å²) in [6.45, 7) is 10.2. The van der Waals surface area contributed by atoms with Gasteiger partial charge in [-0.1, -0.05) is 35.9 Å². The zero-order chi connectivity index (χ0) is 13.6. The van der Waals surface area contributed by atoms with Crippen molar-refractivity contribution in [2.24, 2.45) is 0 Å². The summed E-state index contributed by atoms with van der Waals surface area (Å²) in [7, 11) is 0. The maximum atomic E-state index is 12.2. The number of ether oxygens (including phenoxy) is 1. The topological polar surface area (TPSA) is 38.3 Å². The Morgan fingerprint density at radius 3 is 2.83 bits per heavy atom. The summed E-state index contributed by atoms with van der Waals surface area (Å²) in [6.07, 6.45) is 1.73. The van der Waals surface area contributed by atoms with Crippen molar-refractivity contribution in [1.29, 1.82) is 0 Å². The van der Waals surface area contributed by atoms with Crippen molar-refractivity contribution in [3.05, 3.63) is 48.0 Å². The lowest BCUT2D eigenvalue weighted by atomic mass is 9.91. The molecule has 1 aromatic rings. The van der Waals surface area contributed by atoms with Crippen LogP contribution in [-0.4, -0.2) is 19.1 Å². The van der Waals surface area contributed by atoms with E-state index in [1.807, 2.05) is 45.0 Å². The fraction of sp³-hybridized carbons (Fsp3) is 0.400. The molecule has 1 N–H and O–H groups in total. The van der Waals surface area contributed by atoms with E-state index < -0.39 is 5.54 Å². The lowest BCUT2D eigenvalue weighted by Crippen LogP contribution is -2.47. The highest BCUT2D eigenvalue weighted by molar-refractivity contribution is 5.82. The molecule has 3 heteroatoms. The third-order valence-corrected chi connectivity index (χ3v) is 2.88. The van der Waals surface area contributed by atoms with Gasteiger partial charge in [0.2, 0.25) is 0 Å². The van der Waals surface area contributed by atoms with E-state index in [0.29, 0.717) is 13.2 Å². The van der Waals surface area contributed by atoms with Gasteiger partial charge >= 0.3 is 5.97 Å². The second-order valence-electron chi connectivity index (χ2n) is 4.38. The highest BCUT2D eigenvalue weighted by Crippen LogP contribution is 2.23. The third-order valence-electron chi connectivity index (χ3n) is 2.88. The summed E-state index contributed by atoms with van der Waals surface area (Å²) in [5.41, 5.74) is 1.18. The van der Waals surface area contributed by atoms with Gasteiger partial charge in [0.15, 0.2) is 0 Å². The second-order valence-corrected chi connectivity index (χ2v) is 4.38. The number of aryl methyl sites for hydroxylation is 1. The predicted octanol–water partition coefficient (Wildman–Crippen LogP) is 2.55. The second kappa shape index (κ2) is 6.36. The lowest BCUT2D eigenvalue weighted by Gasteiger charge is -2.29. The first kappa shape index (κ1) is 14.5. The molecule has 0 saturated carbocycles. The standard InChI is InChI=1S/C15H21NO2/c1-5-10-16-15(4,14(17)18-6-2)13-9-7-8-12(3)11-13/h5,7-9,11,16H,1,6,10H2,2-4H3. The van der Waals surface area contributed by atoms with E-state index >= 15 is 0 Å². The van der Waals surface area contributed by atoms with Crippen molar-refractivity contribution >= 4 is 5.97 Å². The first-order valence-corrected chi connectivity index (χ1v) is 6.15. The minimum absolute atomic E-state index is 0.266. The zero-order valence-corrected chi connectivity index (χ0v) is 11.3. The highest BCUT2D eigenvalue weighted by Gasteiger charge is 2.35. The molecule has 0 bridgehead atoms. The summed E-state index contributed by atoms with van der Waals surface area (Å²) in [4.78, 5) is 12.2. The zero-order valence-electron chi connectivity index (χ0n) is 11.3. The Labute approximate surface area is 109 Å². The first-order chi connectivity index (χ1) is 8.54. The Morgan fingerprint density at radius 1 is 1.56 bits per heavy atom. The molecule has 0 fully saturated rings. The quantitative estimate of drug-likeness (QED) is 0.620. The first-order valence-electron chi connectivity index (χ1n) is 6.15. The SMILES string of the molecule is C=CCNC(C)(C(=O)OCC)c1cccc(C)c1. The molecule has 1 atom stereocenters. The lowest BCUT2D eigenvalue weighted by molar-refractivity contribution is -0.150. The number of nitrogens with one attached hydrogen (secondary N) is 1. The maximum absolute atomic E-state index is 12.2. The molecular formula is C15H21NO2. The number of hydrogen-bond acceptors (Lipinski definition) is 3. The largest absolute Gasteiger partial charge is 0.464 e. The number of hydrogen-bond donors (Lipinski definition) is 1. The van der Waals surface area contributed by atoms with E-state index in [0.717, 1.165) is 11.1 Å². The van der Waals surface area contributed by atoms with Crippen molar-refractivity contribution in [2.45, 2.75) is 26.3 Å². The molecular weight excluding hydrogens is 226 g/mol. The molecule has 98 valence electrons. The number of esters is 1. The van der Waals surface area contributed by atoms with Crippen LogP contribution < -0.4 is 5.32 Å². The minimum Gasteiger partial charge on any atom is -0.464 e. The summed E-state index contributed by atoms with van der Waals surface area (Å²) in [5, 5.41) is 3.18. The molecule has 0 radical (unpaired) electrons. The number of rotatable bonds is 6. The number of carbonyl (C=O) groups excluding carboxylic acids is 1. The van der Waals surface area contributed by atoms with Crippen LogP contribution in [0.2, 0.25) is 0 Å². The van der Waals surface area contributed by atoms with Gasteiger partial charge < -0.3 is 4.74 Å². The van der Waals surface area contributed by atoms with Crippen molar-refractivity contribution in [3.8, 4) is 0 Å². The van der Waals surface area contributed by atoms with Crippen LogP contribution >= 0.6 is 0 Å². The molecule has 0 aliphatic heterocycles. The number of carbonyl (C=O) groups is 1. The molecule has 0 aliphatic rings. The van der Waals surface area contributed by atoms with E-state index in [9.17, 15) is 4.79 Å². The smallest absolute Gasteiger partial charge is 0.330 e. The van der Waals surface area contributed by atoms with Gasteiger partial charge in [-0.3, -0.25) is 5.32 Å². The van der Waals surface area contributed by atoms with Gasteiger partial charge in [-0.2, -0.15) is 0 Å². The number of benzene rings is 1. The minimum atomic E-state index is -0.837. The maximum Gasteiger partial charge on any atom is 0.330 e. The van der Waals surface area contributed by atoms with E-state index in [1.54, 1.807) is 6.08 Å². The highest BCUT2D eigenvalue weighted by atomic mass is 16.5. The molecule has 1 aromatic carbocycles. The summed E-state index contributed by atoms with van der Waals surface area (Å²) >= 11 is 0. The van der Waals surface area contributed by atoms with Gasteiger partial charge in [-0.15, -0.1) is 6.58 Å². The van der Waals surface area contributed by atoms with E-state index in [4.69, 9.17) is 4.74 Å². The van der Waals surface area contributed by atoms with Crippen LogP contribution in [0.1, 0.15) is 25.0 Å². The molecule has 0 saturated heterocycles. The van der Waals surface area contributed by atoms with Crippen LogP contribution in [0.4, 0.5) is 0 Å². The molecule has 0 spiro atoms. The summed E-state index contributed by atoms with van der Waals surface area (Å²) in [5.74, 6) is -0.266. The molecule has 0 amide bonds. The fourth-order valence-electron chi connectivity index (χ4n) is 1.80. The molecule has 1 rings (SSSR count). The summed E-state index contributed by atoms with van der Waals surface area (Å²) < 4.78 is 5.16. The van der Waals surface area contributed by atoms with Crippen molar-refractivity contribution in [1.82, 2.24) is 5.32 Å². The van der Waals surface area contributed by atoms with Crippen molar-refractivity contribution < 1.29 is 9.53 Å². The molecule has 0 aromatic heterocycles. The van der Waals surface area contributed by atoms with Gasteiger partial charge in [0.05, 0.1) is 6.61 Å². The Hall–Kier alpha value is -1.61. The fourth-order valence-corrected chi connectivity index (χ4v) is 1.80. The average molecular weight is 247 g/mol. The van der Waals surface area contributed by atoms with Gasteiger partial charge in [-0.05, 0) is 26.3 Å². The van der Waals surface area contributed by atoms with Crippen molar-refractivity contribution in [3.63, 3.8) is 0 Å². The monoisotopic (exact) mass is 247 g/mol. The van der Waals surface area contributed by atoms with E-state index in [2.05, 4.69) is 11.9 Å². The van der Waals surface area contributed by atoms with Crippen LogP contribution in [-0.2, 0) is 15.1 Å².